The Hall–Kier alpha value is -8.12. The largest absolute Gasteiger partial charge is 0.376 e. The minimum absolute atomic E-state index is 0.159. The van der Waals surface area contributed by atoms with E-state index in [0.717, 1.165) is 28.4 Å². The second kappa shape index (κ2) is 15.3. The normalized spacial score (nSPS) is 12.5. The van der Waals surface area contributed by atoms with Gasteiger partial charge in [-0.1, -0.05) is 170 Å². The van der Waals surface area contributed by atoms with Crippen molar-refractivity contribution in [3.63, 3.8) is 0 Å². The maximum Gasteiger partial charge on any atom is 0.333 e. The Labute approximate surface area is 383 Å². The molecule has 0 atom stereocenters. The average Bonchev–Trinajstić information content (AvgIpc) is 3.76. The fourth-order valence-corrected chi connectivity index (χ4v) is 11.5. The van der Waals surface area contributed by atoms with Crippen molar-refractivity contribution in [2.24, 2.45) is 0 Å². The summed E-state index contributed by atoms with van der Waals surface area (Å²) in [6, 6.07) is 86.7. The van der Waals surface area contributed by atoms with Gasteiger partial charge in [-0.05, 0) is 117 Å². The second-order valence-electron chi connectivity index (χ2n) is 17.0. The summed E-state index contributed by atoms with van der Waals surface area (Å²) in [6.45, 7) is -0.159. The summed E-state index contributed by atoms with van der Waals surface area (Å²) < 4.78 is 2.58. The number of nitrogens with zero attached hydrogens (tertiary/aromatic N) is 2. The van der Waals surface area contributed by atoms with Crippen LogP contribution in [0.4, 0.5) is 39.8 Å². The van der Waals surface area contributed by atoms with Crippen molar-refractivity contribution in [3.05, 3.63) is 237 Å². The van der Waals surface area contributed by atoms with Crippen LogP contribution in [0.3, 0.4) is 0 Å². The summed E-state index contributed by atoms with van der Waals surface area (Å²) in [5, 5.41) is 6.32. The van der Waals surface area contributed by atoms with Crippen molar-refractivity contribution in [2.75, 3.05) is 15.0 Å². The van der Waals surface area contributed by atoms with Gasteiger partial charge in [-0.3, -0.25) is 0 Å². The van der Waals surface area contributed by atoms with Gasteiger partial charge in [0, 0.05) is 55.2 Å². The monoisotopic (exact) mass is 845 g/mol. The molecule has 65 heavy (non-hydrogen) atoms. The van der Waals surface area contributed by atoms with Gasteiger partial charge in [-0.2, -0.15) is 0 Å². The Morgan fingerprint density at radius 3 is 1.66 bits per heavy atom. The first kappa shape index (κ1) is 37.4. The maximum atomic E-state index is 3.75. The molecule has 2 aliphatic heterocycles. The van der Waals surface area contributed by atoms with Crippen LogP contribution in [0, 0.1) is 0 Å². The van der Waals surface area contributed by atoms with E-state index < -0.39 is 0 Å². The van der Waals surface area contributed by atoms with Crippen molar-refractivity contribution in [2.45, 2.75) is 0 Å². The molecule has 0 bridgehead atoms. The summed E-state index contributed by atoms with van der Waals surface area (Å²) in [6.07, 6.45) is 0. The first-order chi connectivity index (χ1) is 32.2. The molecule has 2 aliphatic rings. The summed E-state index contributed by atoms with van der Waals surface area (Å²) in [5.74, 6) is 0. The van der Waals surface area contributed by atoms with Gasteiger partial charge in [0.15, 0.2) is 0 Å². The van der Waals surface area contributed by atoms with E-state index >= 15 is 0 Å². The molecule has 10 aromatic carbocycles. The van der Waals surface area contributed by atoms with Crippen LogP contribution in [0.1, 0.15) is 0 Å². The summed E-state index contributed by atoms with van der Waals surface area (Å²) in [5.41, 5.74) is 20.1. The molecule has 0 fully saturated rings. The zero-order valence-electron chi connectivity index (χ0n) is 35.4. The van der Waals surface area contributed by atoms with E-state index in [-0.39, 0.29) is 6.85 Å². The Morgan fingerprint density at radius 2 is 0.969 bits per heavy atom. The Morgan fingerprint density at radius 1 is 0.385 bits per heavy atom. The molecule has 304 valence electrons. The van der Waals surface area contributed by atoms with Crippen LogP contribution in [0.15, 0.2) is 237 Å². The molecule has 0 aliphatic carbocycles. The standard InChI is InChI=1S/C60H40BN3S/c1-5-17-40(18-6-1)43-23-15-27-48(35-43)63-56-37-45(42-21-9-3-10-22-42)31-34-54(56)61-58-52(39-53-51-29-13-14-30-57(51)65-60(53)59(58)63)50-33-32-47(62-46-25-11-4-12-26-46)38-55(50)64(61)49-28-16-24-44(36-49)41-19-7-2-8-20-41/h1-39,62H. The summed E-state index contributed by atoms with van der Waals surface area (Å²) >= 11 is 1.91. The lowest BCUT2D eigenvalue weighted by atomic mass is 9.43. The third-order valence-electron chi connectivity index (χ3n) is 13.2. The number of nitrogens with one attached hydrogen (secondary N) is 1. The van der Waals surface area contributed by atoms with Crippen LogP contribution in [0.2, 0.25) is 0 Å². The van der Waals surface area contributed by atoms with E-state index in [4.69, 9.17) is 0 Å². The molecule has 3 heterocycles. The smallest absolute Gasteiger partial charge is 0.333 e. The number of thiophene rings is 1. The first-order valence-corrected chi connectivity index (χ1v) is 23.1. The van der Waals surface area contributed by atoms with E-state index in [2.05, 4.69) is 252 Å². The van der Waals surface area contributed by atoms with E-state index in [1.807, 2.05) is 11.3 Å². The highest BCUT2D eigenvalue weighted by atomic mass is 32.1. The van der Waals surface area contributed by atoms with Crippen LogP contribution in [0.25, 0.3) is 64.7 Å². The van der Waals surface area contributed by atoms with Gasteiger partial charge in [-0.15, -0.1) is 11.3 Å². The molecule has 0 spiro atoms. The molecule has 0 amide bonds. The van der Waals surface area contributed by atoms with Crippen molar-refractivity contribution < 1.29 is 0 Å². The molecule has 0 saturated carbocycles. The number of benzene rings is 10. The predicted molar refractivity (Wildman–Crippen MR) is 279 cm³/mol. The zero-order valence-corrected chi connectivity index (χ0v) is 36.2. The lowest BCUT2D eigenvalue weighted by Crippen LogP contribution is -2.61. The minimum Gasteiger partial charge on any atom is -0.376 e. The lowest BCUT2D eigenvalue weighted by molar-refractivity contribution is 1.28. The van der Waals surface area contributed by atoms with E-state index in [0.29, 0.717) is 0 Å². The average molecular weight is 846 g/mol. The van der Waals surface area contributed by atoms with Gasteiger partial charge in [0.25, 0.3) is 0 Å². The van der Waals surface area contributed by atoms with Gasteiger partial charge in [-0.25, -0.2) is 0 Å². The molecule has 3 nitrogen and oxygen atoms in total. The highest BCUT2D eigenvalue weighted by molar-refractivity contribution is 7.26. The number of hydrogen-bond donors (Lipinski definition) is 1. The van der Waals surface area contributed by atoms with Gasteiger partial charge in [0.2, 0.25) is 0 Å². The number of para-hydroxylation sites is 1. The van der Waals surface area contributed by atoms with Gasteiger partial charge in [0.05, 0.1) is 10.4 Å². The van der Waals surface area contributed by atoms with Crippen LogP contribution in [0.5, 0.6) is 0 Å². The van der Waals surface area contributed by atoms with Crippen molar-refractivity contribution in [3.8, 4) is 44.5 Å². The maximum absolute atomic E-state index is 3.75. The van der Waals surface area contributed by atoms with E-state index in [1.54, 1.807) is 0 Å². The summed E-state index contributed by atoms with van der Waals surface area (Å²) in [7, 11) is 0. The van der Waals surface area contributed by atoms with Crippen LogP contribution in [-0.4, -0.2) is 6.85 Å². The molecule has 1 aromatic heterocycles. The van der Waals surface area contributed by atoms with Crippen LogP contribution < -0.4 is 26.0 Å². The van der Waals surface area contributed by atoms with Crippen LogP contribution >= 0.6 is 11.3 Å². The topological polar surface area (TPSA) is 18.5 Å². The highest BCUT2D eigenvalue weighted by Gasteiger charge is 2.46. The number of rotatable bonds is 7. The molecular formula is C60H40BN3S. The quantitative estimate of drug-likeness (QED) is 0.161. The molecule has 0 unspecified atom stereocenters. The lowest BCUT2D eigenvalue weighted by Gasteiger charge is -2.46. The molecule has 1 N–H and O–H groups in total. The minimum atomic E-state index is -0.159. The van der Waals surface area contributed by atoms with Crippen molar-refractivity contribution >= 4 is 89.1 Å². The zero-order chi connectivity index (χ0) is 42.8. The van der Waals surface area contributed by atoms with Gasteiger partial charge in [0.1, 0.15) is 0 Å². The van der Waals surface area contributed by atoms with Crippen LogP contribution in [-0.2, 0) is 0 Å². The molecule has 5 heteroatoms. The Bertz CT molecular complexity index is 3590. The Balaban J connectivity index is 1.15. The van der Waals surface area contributed by atoms with E-state index in [1.165, 1.54) is 87.0 Å². The third kappa shape index (κ3) is 6.27. The van der Waals surface area contributed by atoms with Crippen molar-refractivity contribution in [1.29, 1.82) is 0 Å². The predicted octanol–water partition coefficient (Wildman–Crippen LogP) is 15.5. The Kier molecular flexibility index (Phi) is 8.81. The third-order valence-corrected chi connectivity index (χ3v) is 14.4. The number of anilines is 7. The first-order valence-electron chi connectivity index (χ1n) is 22.3. The molecule has 11 aromatic rings. The highest BCUT2D eigenvalue weighted by Crippen LogP contribution is 2.53. The summed E-state index contributed by atoms with van der Waals surface area (Å²) in [4.78, 5) is 5.22. The molecule has 0 saturated heterocycles. The van der Waals surface area contributed by atoms with Crippen molar-refractivity contribution in [1.82, 2.24) is 0 Å². The van der Waals surface area contributed by atoms with Gasteiger partial charge < -0.3 is 15.0 Å². The molecule has 0 radical (unpaired) electrons. The fourth-order valence-electron chi connectivity index (χ4n) is 10.2. The fraction of sp³-hybridized carbons (Fsp3) is 0. The molecular weight excluding hydrogens is 806 g/mol. The number of fused-ring (bicyclic) bond motifs is 8. The van der Waals surface area contributed by atoms with E-state index in [9.17, 15) is 0 Å². The SMILES string of the molecule is c1ccc(Nc2ccc3c(c2)N(c2cccc(-c4ccccc4)c2)B2c4ccc(-c5ccccc5)cc4N(c4cccc(-c5ccccc5)c4)c4c2c-3cc2c4sc3ccccc32)cc1. The molecule has 13 rings (SSSR count). The number of hydrogen-bond acceptors (Lipinski definition) is 4. The second-order valence-corrected chi connectivity index (χ2v) is 18.0. The van der Waals surface area contributed by atoms with Gasteiger partial charge >= 0.3 is 6.85 Å².